The van der Waals surface area contributed by atoms with Crippen molar-refractivity contribution in [2.24, 2.45) is 0 Å². The number of fused-ring (bicyclic) bond motifs is 1. The molecule has 11 nitrogen and oxygen atoms in total. The predicted molar refractivity (Wildman–Crippen MR) is 125 cm³/mol. The molecule has 13 heteroatoms. The molecule has 4 rings (SSSR count). The lowest BCUT2D eigenvalue weighted by atomic mass is 10.1. The van der Waals surface area contributed by atoms with E-state index in [2.05, 4.69) is 15.6 Å². The molecule has 1 fully saturated rings. The van der Waals surface area contributed by atoms with Gasteiger partial charge in [-0.3, -0.25) is 30.3 Å². The van der Waals surface area contributed by atoms with Crippen molar-refractivity contribution in [2.45, 2.75) is 12.8 Å². The molecule has 0 radical (unpaired) electrons. The number of hydrogen-bond acceptors (Lipinski definition) is 9. The molecule has 1 aliphatic rings. The van der Waals surface area contributed by atoms with Gasteiger partial charge in [-0.05, 0) is 43.3 Å². The molecule has 1 aliphatic heterocycles. The second-order valence-corrected chi connectivity index (χ2v) is 8.43. The summed E-state index contributed by atoms with van der Waals surface area (Å²) >= 11 is 6.30. The van der Waals surface area contributed by atoms with Crippen molar-refractivity contribution in [3.05, 3.63) is 62.2 Å². The topological polar surface area (TPSA) is 144 Å². The zero-order valence-electron chi connectivity index (χ0n) is 16.4. The molecule has 2 heterocycles. The van der Waals surface area contributed by atoms with E-state index in [4.69, 9.17) is 12.2 Å². The van der Waals surface area contributed by atoms with Gasteiger partial charge in [-0.1, -0.05) is 11.3 Å². The van der Waals surface area contributed by atoms with E-state index in [1.54, 1.807) is 6.07 Å². The molecule has 1 aromatic heterocycles. The highest BCUT2D eigenvalue weighted by Gasteiger charge is 2.24. The zero-order chi connectivity index (χ0) is 22.8. The van der Waals surface area contributed by atoms with Gasteiger partial charge >= 0.3 is 0 Å². The number of anilines is 2. The van der Waals surface area contributed by atoms with Crippen LogP contribution >= 0.6 is 23.6 Å². The molecule has 1 amide bonds. The van der Waals surface area contributed by atoms with E-state index >= 15 is 0 Å². The number of thiocarbonyl (C=S) groups is 1. The van der Waals surface area contributed by atoms with Crippen molar-refractivity contribution in [3.63, 3.8) is 0 Å². The number of carbonyl (C=O) groups excluding carboxylic acids is 1. The van der Waals surface area contributed by atoms with Crippen LogP contribution in [0.3, 0.4) is 0 Å². The first-order valence-corrected chi connectivity index (χ1v) is 10.7. The van der Waals surface area contributed by atoms with Crippen LogP contribution in [-0.2, 0) is 0 Å². The fourth-order valence-electron chi connectivity index (χ4n) is 3.42. The van der Waals surface area contributed by atoms with Crippen LogP contribution in [0, 0.1) is 20.2 Å². The van der Waals surface area contributed by atoms with Gasteiger partial charge in [0.2, 0.25) is 0 Å². The van der Waals surface area contributed by atoms with Crippen LogP contribution < -0.4 is 15.5 Å². The van der Waals surface area contributed by atoms with Crippen LogP contribution in [-0.4, -0.2) is 38.9 Å². The summed E-state index contributed by atoms with van der Waals surface area (Å²) in [6.07, 6.45) is 1.94. The van der Waals surface area contributed by atoms with Crippen LogP contribution in [0.2, 0.25) is 0 Å². The Bertz CT molecular complexity index is 1250. The van der Waals surface area contributed by atoms with Crippen molar-refractivity contribution in [2.75, 3.05) is 23.3 Å². The van der Waals surface area contributed by atoms with E-state index in [0.717, 1.165) is 37.3 Å². The van der Waals surface area contributed by atoms with E-state index in [1.165, 1.54) is 30.3 Å². The molecular formula is C19H16N6O5S2. The summed E-state index contributed by atoms with van der Waals surface area (Å²) in [5.74, 6) is -0.602. The average Bonchev–Trinajstić information content (AvgIpc) is 3.42. The largest absolute Gasteiger partial charge is 0.366 e. The number of thiazole rings is 1. The molecule has 3 aromatic rings. The number of amides is 1. The molecule has 0 aliphatic carbocycles. The Morgan fingerprint density at radius 1 is 1.09 bits per heavy atom. The lowest BCUT2D eigenvalue weighted by Crippen LogP contribution is -2.34. The maximum atomic E-state index is 12.6. The first-order chi connectivity index (χ1) is 15.3. The van der Waals surface area contributed by atoms with E-state index in [9.17, 15) is 25.0 Å². The maximum absolute atomic E-state index is 12.6. The van der Waals surface area contributed by atoms with Crippen molar-refractivity contribution >= 4 is 67.0 Å². The van der Waals surface area contributed by atoms with Gasteiger partial charge < -0.3 is 10.2 Å². The average molecular weight is 473 g/mol. The van der Waals surface area contributed by atoms with E-state index < -0.39 is 15.8 Å². The second-order valence-electron chi connectivity index (χ2n) is 6.99. The smallest absolute Gasteiger partial charge is 0.293 e. The lowest BCUT2D eigenvalue weighted by molar-refractivity contribution is -0.384. The second kappa shape index (κ2) is 8.80. The number of hydrogen-bond donors (Lipinski definition) is 2. The number of nitro groups is 2. The van der Waals surface area contributed by atoms with E-state index in [-0.39, 0.29) is 22.1 Å². The molecule has 0 saturated carbocycles. The minimum Gasteiger partial charge on any atom is -0.366 e. The van der Waals surface area contributed by atoms with Gasteiger partial charge in [0.15, 0.2) is 10.2 Å². The number of benzene rings is 2. The third-order valence-electron chi connectivity index (χ3n) is 4.91. The quantitative estimate of drug-likeness (QED) is 0.321. The van der Waals surface area contributed by atoms with Gasteiger partial charge in [-0.2, -0.15) is 0 Å². The van der Waals surface area contributed by atoms with Gasteiger partial charge in [-0.15, -0.1) is 0 Å². The summed E-state index contributed by atoms with van der Waals surface area (Å²) in [7, 11) is 0. The highest BCUT2D eigenvalue weighted by atomic mass is 32.1. The Balaban J connectivity index is 1.47. The number of nitrogens with zero attached hydrogens (tertiary/aromatic N) is 4. The monoisotopic (exact) mass is 472 g/mol. The van der Waals surface area contributed by atoms with Gasteiger partial charge in [0.1, 0.15) is 5.69 Å². The Labute approximate surface area is 190 Å². The first-order valence-electron chi connectivity index (χ1n) is 9.52. The van der Waals surface area contributed by atoms with Crippen LogP contribution in [0.15, 0.2) is 36.4 Å². The predicted octanol–water partition coefficient (Wildman–Crippen LogP) is 3.84. The molecule has 0 bridgehead atoms. The van der Waals surface area contributed by atoms with Gasteiger partial charge in [-0.25, -0.2) is 4.98 Å². The van der Waals surface area contributed by atoms with Crippen LogP contribution in [0.4, 0.5) is 22.2 Å². The summed E-state index contributed by atoms with van der Waals surface area (Å²) in [6, 6.07) is 8.62. The third-order valence-corrected chi connectivity index (χ3v) is 6.05. The van der Waals surface area contributed by atoms with Gasteiger partial charge in [0.05, 0.1) is 20.1 Å². The number of nitro benzene ring substituents is 2. The third kappa shape index (κ3) is 4.48. The minimum absolute atomic E-state index is 0.0465. The van der Waals surface area contributed by atoms with Crippen molar-refractivity contribution < 1.29 is 14.6 Å². The van der Waals surface area contributed by atoms with E-state index in [0.29, 0.717) is 21.0 Å². The number of rotatable bonds is 5. The molecule has 1 saturated heterocycles. The summed E-state index contributed by atoms with van der Waals surface area (Å²) in [5, 5.41) is 28.0. The highest BCUT2D eigenvalue weighted by molar-refractivity contribution is 7.80. The molecule has 2 N–H and O–H groups in total. The molecule has 2 aromatic carbocycles. The van der Waals surface area contributed by atoms with Crippen LogP contribution in [0.1, 0.15) is 23.2 Å². The normalized spacial score (nSPS) is 13.2. The fraction of sp³-hybridized carbons (Fsp3) is 0.211. The van der Waals surface area contributed by atoms with E-state index in [1.807, 2.05) is 4.90 Å². The molecule has 32 heavy (non-hydrogen) atoms. The lowest BCUT2D eigenvalue weighted by Gasteiger charge is -2.17. The molecule has 0 atom stereocenters. The highest BCUT2D eigenvalue weighted by Crippen LogP contribution is 2.32. The van der Waals surface area contributed by atoms with Crippen LogP contribution in [0.25, 0.3) is 10.2 Å². The van der Waals surface area contributed by atoms with Crippen molar-refractivity contribution in [1.29, 1.82) is 0 Å². The summed E-state index contributed by atoms with van der Waals surface area (Å²) in [5.41, 5.74) is 0.955. The molecular weight excluding hydrogens is 456 g/mol. The van der Waals surface area contributed by atoms with Crippen molar-refractivity contribution in [1.82, 2.24) is 10.3 Å². The fourth-order valence-corrected chi connectivity index (χ4v) is 4.58. The Morgan fingerprint density at radius 2 is 1.84 bits per heavy atom. The Hall–Kier alpha value is -3.71. The molecule has 0 spiro atoms. The first kappa shape index (κ1) is 21.5. The van der Waals surface area contributed by atoms with Crippen molar-refractivity contribution in [3.8, 4) is 0 Å². The minimum atomic E-state index is -0.602. The molecule has 0 unspecified atom stereocenters. The Kier molecular flexibility index (Phi) is 5.92. The van der Waals surface area contributed by atoms with Crippen LogP contribution in [0.5, 0.6) is 0 Å². The SMILES string of the molecule is O=C(NC(=S)Nc1nc2ccc([N+](=O)[O-])cc2s1)c1ccc(N2CCCC2)c([N+](=O)[O-])c1. The standard InChI is InChI=1S/C19H16N6O5S2/c26-17(11-3-6-14(15(9-11)25(29)30)23-7-1-2-8-23)21-18(31)22-19-20-13-5-4-12(24(27)28)10-16(13)32-19/h3-6,9-10H,1-2,7-8H2,(H2,20,21,22,26,31). The number of carbonyl (C=O) groups is 1. The van der Waals surface area contributed by atoms with Gasteiger partial charge in [0.25, 0.3) is 17.3 Å². The number of non-ortho nitro benzene ring substituents is 1. The summed E-state index contributed by atoms with van der Waals surface area (Å²) in [4.78, 5) is 40.2. The Morgan fingerprint density at radius 3 is 2.53 bits per heavy atom. The maximum Gasteiger partial charge on any atom is 0.293 e. The zero-order valence-corrected chi connectivity index (χ0v) is 18.1. The number of aromatic nitrogens is 1. The summed E-state index contributed by atoms with van der Waals surface area (Å²) in [6.45, 7) is 1.48. The number of nitrogens with one attached hydrogen (secondary N) is 2. The summed E-state index contributed by atoms with van der Waals surface area (Å²) < 4.78 is 0.587. The molecule has 164 valence electrons. The van der Waals surface area contributed by atoms with Gasteiger partial charge in [0, 0.05) is 36.9 Å².